The van der Waals surface area contributed by atoms with Crippen LogP contribution in [0.5, 0.6) is 0 Å². The second-order valence-electron chi connectivity index (χ2n) is 1.77. The molecule has 0 bridgehead atoms. The Hall–Kier alpha value is 0.720. The number of furan rings is 1. The highest BCUT2D eigenvalue weighted by molar-refractivity contribution is 9.13. The first kappa shape index (κ1) is 8.81. The smallest absolute Gasteiger partial charge is 0.183 e. The summed E-state index contributed by atoms with van der Waals surface area (Å²) >= 11 is 9.92. The molecule has 0 radical (unpaired) electrons. The monoisotopic (exact) mass is 330 g/mol. The number of alkyl halides is 1. The predicted molar refractivity (Wildman–Crippen MR) is 51.6 cm³/mol. The molecule has 0 amide bonds. The molecule has 1 aromatic rings. The zero-order valence-corrected chi connectivity index (χ0v) is 9.79. The van der Waals surface area contributed by atoms with E-state index in [9.17, 15) is 0 Å². The van der Waals surface area contributed by atoms with Gasteiger partial charge in [0.1, 0.15) is 5.76 Å². The van der Waals surface area contributed by atoms with E-state index in [1.165, 1.54) is 0 Å². The highest BCUT2D eigenvalue weighted by Gasteiger charge is 2.03. The average Bonchev–Trinajstić information content (AvgIpc) is 2.14. The fraction of sp³-hybridized carbons (Fsp3) is 0.333. The molecule has 0 fully saturated rings. The second kappa shape index (κ2) is 3.93. The SMILES string of the molecule is BrCCc1cc(Br)c(Br)o1. The minimum atomic E-state index is 0.767. The first-order valence-electron chi connectivity index (χ1n) is 2.73. The molecule has 0 N–H and O–H groups in total. The average molecular weight is 333 g/mol. The van der Waals surface area contributed by atoms with E-state index in [0.717, 1.165) is 26.7 Å². The predicted octanol–water partition coefficient (Wildman–Crippen LogP) is 3.74. The highest BCUT2D eigenvalue weighted by atomic mass is 79.9. The van der Waals surface area contributed by atoms with Crippen LogP contribution >= 0.6 is 47.8 Å². The molecule has 4 heteroatoms. The van der Waals surface area contributed by atoms with Crippen molar-refractivity contribution in [3.8, 4) is 0 Å². The molecule has 1 rings (SSSR count). The number of aryl methyl sites for hydroxylation is 1. The Morgan fingerprint density at radius 1 is 1.40 bits per heavy atom. The van der Waals surface area contributed by atoms with Gasteiger partial charge in [0.15, 0.2) is 4.67 Å². The van der Waals surface area contributed by atoms with Crippen molar-refractivity contribution in [3.63, 3.8) is 0 Å². The summed E-state index contributed by atoms with van der Waals surface area (Å²) in [7, 11) is 0. The van der Waals surface area contributed by atoms with Gasteiger partial charge < -0.3 is 4.42 Å². The van der Waals surface area contributed by atoms with Crippen molar-refractivity contribution in [2.24, 2.45) is 0 Å². The van der Waals surface area contributed by atoms with Gasteiger partial charge in [-0.1, -0.05) is 15.9 Å². The van der Waals surface area contributed by atoms with E-state index in [4.69, 9.17) is 4.42 Å². The van der Waals surface area contributed by atoms with Crippen LogP contribution < -0.4 is 0 Å². The quantitative estimate of drug-likeness (QED) is 0.752. The van der Waals surface area contributed by atoms with Gasteiger partial charge in [-0.2, -0.15) is 0 Å². The first-order chi connectivity index (χ1) is 4.74. The third-order valence-corrected chi connectivity index (χ3v) is 3.14. The minimum Gasteiger partial charge on any atom is -0.453 e. The highest BCUT2D eigenvalue weighted by Crippen LogP contribution is 2.26. The van der Waals surface area contributed by atoms with Crippen LogP contribution in [0.4, 0.5) is 0 Å². The van der Waals surface area contributed by atoms with Crippen LogP contribution in [0.15, 0.2) is 19.6 Å². The van der Waals surface area contributed by atoms with Gasteiger partial charge in [0.25, 0.3) is 0 Å². The fourth-order valence-electron chi connectivity index (χ4n) is 0.608. The maximum Gasteiger partial charge on any atom is 0.183 e. The van der Waals surface area contributed by atoms with Gasteiger partial charge in [-0.3, -0.25) is 0 Å². The Bertz CT molecular complexity index is 199. The fourth-order valence-corrected chi connectivity index (χ4v) is 1.66. The Morgan fingerprint density at radius 2 is 2.10 bits per heavy atom. The van der Waals surface area contributed by atoms with Crippen molar-refractivity contribution in [3.05, 3.63) is 21.0 Å². The van der Waals surface area contributed by atoms with Crippen LogP contribution in [0.25, 0.3) is 0 Å². The summed E-state index contributed by atoms with van der Waals surface area (Å²) in [5.41, 5.74) is 0. The Balaban J connectivity index is 2.77. The molecule has 0 spiro atoms. The lowest BCUT2D eigenvalue weighted by Crippen LogP contribution is -1.78. The van der Waals surface area contributed by atoms with E-state index in [1.807, 2.05) is 6.07 Å². The number of hydrogen-bond donors (Lipinski definition) is 0. The molecular weight excluding hydrogens is 328 g/mol. The van der Waals surface area contributed by atoms with Crippen molar-refractivity contribution in [1.29, 1.82) is 0 Å². The Kier molecular flexibility index (Phi) is 3.46. The third kappa shape index (κ3) is 2.10. The molecule has 0 aliphatic rings. The summed E-state index contributed by atoms with van der Waals surface area (Å²) in [6, 6.07) is 1.96. The first-order valence-corrected chi connectivity index (χ1v) is 5.44. The molecule has 0 unspecified atom stereocenters. The Labute approximate surface area is 84.6 Å². The number of rotatable bonds is 2. The van der Waals surface area contributed by atoms with E-state index in [2.05, 4.69) is 47.8 Å². The lowest BCUT2D eigenvalue weighted by Gasteiger charge is -1.86. The van der Waals surface area contributed by atoms with Crippen molar-refractivity contribution in [2.45, 2.75) is 6.42 Å². The zero-order chi connectivity index (χ0) is 7.56. The molecule has 0 aromatic carbocycles. The molecule has 0 saturated carbocycles. The molecular formula is C6H5Br3O. The minimum absolute atomic E-state index is 0.767. The summed E-state index contributed by atoms with van der Waals surface area (Å²) in [4.78, 5) is 0. The summed E-state index contributed by atoms with van der Waals surface area (Å²) < 4.78 is 7.04. The maximum atomic E-state index is 5.29. The summed E-state index contributed by atoms with van der Waals surface area (Å²) in [5, 5.41) is 0.930. The summed E-state index contributed by atoms with van der Waals surface area (Å²) in [6.07, 6.45) is 0.921. The van der Waals surface area contributed by atoms with Gasteiger partial charge in [-0.15, -0.1) is 0 Å². The van der Waals surface area contributed by atoms with Gasteiger partial charge in [-0.25, -0.2) is 0 Å². The number of halogens is 3. The zero-order valence-electron chi connectivity index (χ0n) is 5.03. The molecule has 0 saturated heterocycles. The normalized spacial score (nSPS) is 10.3. The van der Waals surface area contributed by atoms with Crippen molar-refractivity contribution < 1.29 is 4.42 Å². The summed E-state index contributed by atoms with van der Waals surface area (Å²) in [5.74, 6) is 0.982. The lowest BCUT2D eigenvalue weighted by atomic mass is 10.4. The van der Waals surface area contributed by atoms with Crippen LogP contribution in [-0.4, -0.2) is 5.33 Å². The standard InChI is InChI=1S/C6H5Br3O/c7-2-1-4-3-5(8)6(9)10-4/h3H,1-2H2. The van der Waals surface area contributed by atoms with Crippen LogP contribution in [0.1, 0.15) is 5.76 Å². The molecule has 56 valence electrons. The van der Waals surface area contributed by atoms with E-state index in [1.54, 1.807) is 0 Å². The van der Waals surface area contributed by atoms with Gasteiger partial charge in [0.2, 0.25) is 0 Å². The van der Waals surface area contributed by atoms with E-state index >= 15 is 0 Å². The van der Waals surface area contributed by atoms with Gasteiger partial charge in [0, 0.05) is 11.8 Å². The van der Waals surface area contributed by atoms with Crippen LogP contribution in [-0.2, 0) is 6.42 Å². The van der Waals surface area contributed by atoms with Crippen LogP contribution in [0, 0.1) is 0 Å². The van der Waals surface area contributed by atoms with Crippen LogP contribution in [0.2, 0.25) is 0 Å². The maximum absolute atomic E-state index is 5.29. The molecule has 1 nitrogen and oxygen atoms in total. The topological polar surface area (TPSA) is 13.1 Å². The second-order valence-corrected chi connectivity index (χ2v) is 4.14. The lowest BCUT2D eigenvalue weighted by molar-refractivity contribution is 0.494. The largest absolute Gasteiger partial charge is 0.453 e. The molecule has 0 aliphatic carbocycles. The molecule has 0 aliphatic heterocycles. The van der Waals surface area contributed by atoms with Crippen molar-refractivity contribution >= 4 is 47.8 Å². The van der Waals surface area contributed by atoms with E-state index in [-0.39, 0.29) is 0 Å². The van der Waals surface area contributed by atoms with E-state index in [0.29, 0.717) is 0 Å². The summed E-state index contributed by atoms with van der Waals surface area (Å²) in [6.45, 7) is 0. The van der Waals surface area contributed by atoms with Crippen molar-refractivity contribution in [2.75, 3.05) is 5.33 Å². The molecule has 1 aromatic heterocycles. The van der Waals surface area contributed by atoms with E-state index < -0.39 is 0 Å². The number of hydrogen-bond acceptors (Lipinski definition) is 1. The van der Waals surface area contributed by atoms with Crippen LogP contribution in [0.3, 0.4) is 0 Å². The van der Waals surface area contributed by atoms with Crippen molar-refractivity contribution in [1.82, 2.24) is 0 Å². The van der Waals surface area contributed by atoms with Gasteiger partial charge in [-0.05, 0) is 37.9 Å². The van der Waals surface area contributed by atoms with Gasteiger partial charge >= 0.3 is 0 Å². The molecule has 1 heterocycles. The third-order valence-electron chi connectivity index (χ3n) is 1.04. The molecule has 0 atom stereocenters. The van der Waals surface area contributed by atoms with Gasteiger partial charge in [0.05, 0.1) is 4.47 Å². The molecule has 10 heavy (non-hydrogen) atoms. The Morgan fingerprint density at radius 3 is 2.50 bits per heavy atom.